The number of halogens is 1. The summed E-state index contributed by atoms with van der Waals surface area (Å²) in [4.78, 5) is 16.8. The van der Waals surface area contributed by atoms with E-state index in [1.54, 1.807) is 32.4 Å². The Hall–Kier alpha value is -2.68. The second-order valence-corrected chi connectivity index (χ2v) is 7.65. The van der Waals surface area contributed by atoms with Gasteiger partial charge in [-0.2, -0.15) is 0 Å². The standard InChI is InChI=1S/C20H18ClN3O3S2/c1-11-4-5-13(8-14(11)21)18(25)23-19(28)24-20-22-15(10-29-20)12-6-7-16(26-2)17(9-12)27-3/h4-10H,1-3H3,(H2,22,23,24,25,28). The van der Waals surface area contributed by atoms with E-state index in [1.807, 2.05) is 30.5 Å². The fourth-order valence-electron chi connectivity index (χ4n) is 2.50. The molecule has 1 amide bonds. The minimum Gasteiger partial charge on any atom is -0.493 e. The Morgan fingerprint density at radius 1 is 1.14 bits per heavy atom. The van der Waals surface area contributed by atoms with E-state index < -0.39 is 0 Å². The normalized spacial score (nSPS) is 10.3. The maximum Gasteiger partial charge on any atom is 0.257 e. The lowest BCUT2D eigenvalue weighted by Gasteiger charge is -2.09. The lowest BCUT2D eigenvalue weighted by atomic mass is 10.1. The van der Waals surface area contributed by atoms with Crippen LogP contribution in [0.2, 0.25) is 5.02 Å². The molecule has 0 aliphatic rings. The molecule has 0 fully saturated rings. The second-order valence-electron chi connectivity index (χ2n) is 5.98. The number of benzene rings is 2. The van der Waals surface area contributed by atoms with Crippen LogP contribution in [0.3, 0.4) is 0 Å². The molecule has 3 aromatic rings. The van der Waals surface area contributed by atoms with E-state index in [9.17, 15) is 4.79 Å². The van der Waals surface area contributed by atoms with E-state index in [-0.39, 0.29) is 11.0 Å². The Bertz CT molecular complexity index is 1070. The van der Waals surface area contributed by atoms with Crippen molar-refractivity contribution in [2.45, 2.75) is 6.92 Å². The molecule has 0 unspecified atom stereocenters. The van der Waals surface area contributed by atoms with Crippen LogP contribution in [0.15, 0.2) is 41.8 Å². The van der Waals surface area contributed by atoms with E-state index in [0.29, 0.717) is 27.2 Å². The van der Waals surface area contributed by atoms with Crippen LogP contribution in [0, 0.1) is 6.92 Å². The maximum absolute atomic E-state index is 12.3. The lowest BCUT2D eigenvalue weighted by Crippen LogP contribution is -2.34. The number of anilines is 1. The van der Waals surface area contributed by atoms with Gasteiger partial charge in [0.1, 0.15) is 0 Å². The summed E-state index contributed by atoms with van der Waals surface area (Å²) in [5.74, 6) is 0.915. The zero-order valence-corrected chi connectivity index (χ0v) is 18.3. The number of ether oxygens (including phenoxy) is 2. The Morgan fingerprint density at radius 3 is 2.59 bits per heavy atom. The Labute approximate surface area is 182 Å². The first kappa shape index (κ1) is 21.0. The summed E-state index contributed by atoms with van der Waals surface area (Å²) in [6, 6.07) is 10.6. The first-order valence-electron chi connectivity index (χ1n) is 8.47. The van der Waals surface area contributed by atoms with Crippen LogP contribution >= 0.6 is 35.2 Å². The topological polar surface area (TPSA) is 72.5 Å². The third-order valence-corrected chi connectivity index (χ3v) is 5.43. The molecule has 0 aliphatic carbocycles. The largest absolute Gasteiger partial charge is 0.493 e. The van der Waals surface area contributed by atoms with E-state index in [0.717, 1.165) is 16.8 Å². The second kappa shape index (κ2) is 9.21. The highest BCUT2D eigenvalue weighted by molar-refractivity contribution is 7.80. The van der Waals surface area contributed by atoms with Crippen LogP contribution in [0.4, 0.5) is 5.13 Å². The number of rotatable bonds is 5. The zero-order chi connectivity index (χ0) is 21.0. The summed E-state index contributed by atoms with van der Waals surface area (Å²) in [5.41, 5.74) is 2.94. The first-order chi connectivity index (χ1) is 13.9. The SMILES string of the molecule is COc1ccc(-c2csc(NC(=S)NC(=O)c3ccc(C)c(Cl)c3)n2)cc1OC. The van der Waals surface area contributed by atoms with Crippen molar-refractivity contribution in [1.82, 2.24) is 10.3 Å². The van der Waals surface area contributed by atoms with Crippen molar-refractivity contribution in [2.75, 3.05) is 19.5 Å². The van der Waals surface area contributed by atoms with E-state index in [4.69, 9.17) is 33.3 Å². The molecule has 0 spiro atoms. The molecule has 0 radical (unpaired) electrons. The summed E-state index contributed by atoms with van der Waals surface area (Å²) in [5, 5.41) is 8.67. The molecular formula is C20H18ClN3O3S2. The van der Waals surface area contributed by atoms with E-state index in [2.05, 4.69) is 15.6 Å². The third-order valence-electron chi connectivity index (χ3n) is 4.07. The number of nitrogens with one attached hydrogen (secondary N) is 2. The monoisotopic (exact) mass is 447 g/mol. The van der Waals surface area contributed by atoms with Crippen LogP contribution in [-0.2, 0) is 0 Å². The molecule has 0 saturated heterocycles. The van der Waals surface area contributed by atoms with Gasteiger partial charge in [-0.1, -0.05) is 17.7 Å². The summed E-state index contributed by atoms with van der Waals surface area (Å²) < 4.78 is 10.6. The number of thiocarbonyl (C=S) groups is 1. The number of carbonyl (C=O) groups excluding carboxylic acids is 1. The predicted molar refractivity (Wildman–Crippen MR) is 121 cm³/mol. The van der Waals surface area contributed by atoms with Crippen molar-refractivity contribution in [1.29, 1.82) is 0 Å². The average Bonchev–Trinajstić information content (AvgIpc) is 3.17. The van der Waals surface area contributed by atoms with Crippen LogP contribution in [0.1, 0.15) is 15.9 Å². The van der Waals surface area contributed by atoms with Gasteiger partial charge in [0.25, 0.3) is 5.91 Å². The summed E-state index contributed by atoms with van der Waals surface area (Å²) >= 11 is 12.7. The van der Waals surface area contributed by atoms with Crippen molar-refractivity contribution >= 4 is 51.3 Å². The number of amides is 1. The van der Waals surface area contributed by atoms with Gasteiger partial charge in [-0.15, -0.1) is 11.3 Å². The van der Waals surface area contributed by atoms with Gasteiger partial charge in [0.2, 0.25) is 0 Å². The van der Waals surface area contributed by atoms with Crippen molar-refractivity contribution in [3.63, 3.8) is 0 Å². The fourth-order valence-corrected chi connectivity index (χ4v) is 3.66. The van der Waals surface area contributed by atoms with Gasteiger partial charge in [0.05, 0.1) is 19.9 Å². The quantitative estimate of drug-likeness (QED) is 0.541. The van der Waals surface area contributed by atoms with Gasteiger partial charge < -0.3 is 14.8 Å². The molecule has 29 heavy (non-hydrogen) atoms. The average molecular weight is 448 g/mol. The van der Waals surface area contributed by atoms with Gasteiger partial charge in [0.15, 0.2) is 21.7 Å². The third kappa shape index (κ3) is 5.03. The molecule has 9 heteroatoms. The number of hydrogen-bond acceptors (Lipinski definition) is 6. The maximum atomic E-state index is 12.3. The highest BCUT2D eigenvalue weighted by Gasteiger charge is 2.12. The van der Waals surface area contributed by atoms with Crippen LogP contribution in [-0.4, -0.2) is 30.2 Å². The van der Waals surface area contributed by atoms with Gasteiger partial charge in [-0.3, -0.25) is 10.1 Å². The number of carbonyl (C=O) groups is 1. The molecule has 0 saturated carbocycles. The lowest BCUT2D eigenvalue weighted by molar-refractivity contribution is 0.0977. The van der Waals surface area contributed by atoms with Crippen molar-refractivity contribution in [2.24, 2.45) is 0 Å². The van der Waals surface area contributed by atoms with Crippen LogP contribution < -0.4 is 20.1 Å². The number of aryl methyl sites for hydroxylation is 1. The van der Waals surface area contributed by atoms with Crippen molar-refractivity contribution in [3.8, 4) is 22.8 Å². The van der Waals surface area contributed by atoms with Crippen LogP contribution in [0.25, 0.3) is 11.3 Å². The Kier molecular flexibility index (Phi) is 6.68. The fraction of sp³-hybridized carbons (Fsp3) is 0.150. The Morgan fingerprint density at radius 2 is 1.90 bits per heavy atom. The molecule has 1 heterocycles. The summed E-state index contributed by atoms with van der Waals surface area (Å²) in [6.07, 6.45) is 0. The number of methoxy groups -OCH3 is 2. The van der Waals surface area contributed by atoms with Gasteiger partial charge >= 0.3 is 0 Å². The molecular weight excluding hydrogens is 430 g/mol. The first-order valence-corrected chi connectivity index (χ1v) is 10.1. The van der Waals surface area contributed by atoms with Crippen molar-refractivity contribution in [3.05, 3.63) is 57.9 Å². The smallest absolute Gasteiger partial charge is 0.257 e. The molecule has 0 bridgehead atoms. The number of nitrogens with zero attached hydrogens (tertiary/aromatic N) is 1. The van der Waals surface area contributed by atoms with Crippen LogP contribution in [0.5, 0.6) is 11.5 Å². The van der Waals surface area contributed by atoms with Gasteiger partial charge in [-0.25, -0.2) is 4.98 Å². The minimum atomic E-state index is -0.346. The molecule has 1 aromatic heterocycles. The summed E-state index contributed by atoms with van der Waals surface area (Å²) in [7, 11) is 3.17. The molecule has 2 N–H and O–H groups in total. The van der Waals surface area contributed by atoms with E-state index in [1.165, 1.54) is 11.3 Å². The van der Waals surface area contributed by atoms with Gasteiger partial charge in [0, 0.05) is 21.5 Å². The predicted octanol–water partition coefficient (Wildman–Crippen LogP) is 4.92. The van der Waals surface area contributed by atoms with Gasteiger partial charge in [-0.05, 0) is 55.0 Å². The number of thiazole rings is 1. The Balaban J connectivity index is 1.67. The molecule has 0 atom stereocenters. The van der Waals surface area contributed by atoms with Crippen molar-refractivity contribution < 1.29 is 14.3 Å². The summed E-state index contributed by atoms with van der Waals surface area (Å²) in [6.45, 7) is 1.87. The van der Waals surface area contributed by atoms with E-state index >= 15 is 0 Å². The molecule has 3 rings (SSSR count). The molecule has 2 aromatic carbocycles. The highest BCUT2D eigenvalue weighted by atomic mass is 35.5. The number of aromatic nitrogens is 1. The number of hydrogen-bond donors (Lipinski definition) is 2. The molecule has 6 nitrogen and oxygen atoms in total. The zero-order valence-electron chi connectivity index (χ0n) is 15.9. The molecule has 0 aliphatic heterocycles. The highest BCUT2D eigenvalue weighted by Crippen LogP contribution is 2.33. The molecule has 150 valence electrons. The minimum absolute atomic E-state index is 0.153.